The number of halogens is 4. The molecule has 0 spiro atoms. The average molecular weight is 432 g/mol. The van der Waals surface area contributed by atoms with Gasteiger partial charge in [0.15, 0.2) is 0 Å². The molecule has 0 unspecified atom stereocenters. The molecule has 1 aromatic heterocycles. The number of anilines is 1. The molecule has 5 nitrogen and oxygen atoms in total. The lowest BCUT2D eigenvalue weighted by atomic mass is 10.0. The Morgan fingerprint density at radius 3 is 2.48 bits per heavy atom. The minimum Gasteiger partial charge on any atom is -0.456 e. The largest absolute Gasteiger partial charge is 0.456 e. The van der Waals surface area contributed by atoms with Gasteiger partial charge in [0.05, 0.1) is 11.1 Å². The molecular weight excluding hydrogens is 416 g/mol. The maximum Gasteiger partial charge on any atom is 0.417 e. The van der Waals surface area contributed by atoms with E-state index in [9.17, 15) is 27.2 Å². The van der Waals surface area contributed by atoms with Crippen LogP contribution in [0.25, 0.3) is 6.08 Å². The summed E-state index contributed by atoms with van der Waals surface area (Å²) >= 11 is 0. The highest BCUT2D eigenvalue weighted by atomic mass is 19.4. The molecule has 2 aromatic carbocycles. The Bertz CT molecular complexity index is 1220. The topological polar surface area (TPSA) is 71.2 Å². The van der Waals surface area contributed by atoms with Gasteiger partial charge in [-0.3, -0.25) is 9.59 Å². The second-order valence-electron chi connectivity index (χ2n) is 6.55. The third-order valence-electron chi connectivity index (χ3n) is 4.31. The van der Waals surface area contributed by atoms with E-state index in [0.29, 0.717) is 11.6 Å². The molecule has 1 heterocycles. The summed E-state index contributed by atoms with van der Waals surface area (Å²) in [6, 6.07) is 7.68. The molecule has 3 rings (SSSR count). The zero-order chi connectivity index (χ0) is 22.8. The quantitative estimate of drug-likeness (QED) is 0.521. The summed E-state index contributed by atoms with van der Waals surface area (Å²) in [5.74, 6) is -1.67. The van der Waals surface area contributed by atoms with Gasteiger partial charge in [0.2, 0.25) is 5.56 Å². The first-order chi connectivity index (χ1) is 14.6. The van der Waals surface area contributed by atoms with Gasteiger partial charge in [-0.25, -0.2) is 4.39 Å². The normalized spacial score (nSPS) is 11.1. The first kappa shape index (κ1) is 21.8. The molecule has 3 aromatic rings. The van der Waals surface area contributed by atoms with Gasteiger partial charge in [-0.15, -0.1) is 0 Å². The predicted octanol–water partition coefficient (Wildman–Crippen LogP) is 5.53. The van der Waals surface area contributed by atoms with E-state index in [2.05, 4.69) is 16.9 Å². The van der Waals surface area contributed by atoms with Gasteiger partial charge in [-0.2, -0.15) is 13.2 Å². The van der Waals surface area contributed by atoms with E-state index in [0.717, 1.165) is 30.3 Å². The van der Waals surface area contributed by atoms with Crippen LogP contribution in [0.15, 0.2) is 60.0 Å². The number of nitrogens with one attached hydrogen (secondary N) is 2. The lowest BCUT2D eigenvalue weighted by molar-refractivity contribution is -0.137. The lowest BCUT2D eigenvalue weighted by Gasteiger charge is -2.18. The number of H-pyrrole nitrogens is 1. The van der Waals surface area contributed by atoms with Crippen LogP contribution in [-0.2, 0) is 6.18 Å². The zero-order valence-electron chi connectivity index (χ0n) is 16.1. The molecule has 0 saturated carbocycles. The summed E-state index contributed by atoms with van der Waals surface area (Å²) < 4.78 is 59.5. The van der Waals surface area contributed by atoms with Crippen LogP contribution in [-0.4, -0.2) is 10.9 Å². The Kier molecular flexibility index (Phi) is 5.96. The standard InChI is InChI=1S/C22H16F4N2O3/c1-3-13-9-16(21(30)28-15-6-7-27-20(29)10-15)19(11-17(13)22(24,25)26)31-18-5-4-14(23)8-12(18)2/h3-11H,1H2,2H3,(H2,27,28,29,30). The predicted molar refractivity (Wildman–Crippen MR) is 108 cm³/mol. The van der Waals surface area contributed by atoms with Gasteiger partial charge in [0, 0.05) is 18.0 Å². The van der Waals surface area contributed by atoms with Crippen LogP contribution in [0.2, 0.25) is 0 Å². The molecule has 0 atom stereocenters. The van der Waals surface area contributed by atoms with Gasteiger partial charge in [-0.1, -0.05) is 12.7 Å². The number of amides is 1. The highest BCUT2D eigenvalue weighted by molar-refractivity contribution is 6.06. The molecule has 9 heteroatoms. The van der Waals surface area contributed by atoms with Crippen molar-refractivity contribution >= 4 is 17.7 Å². The molecule has 0 aliphatic carbocycles. The molecule has 160 valence electrons. The van der Waals surface area contributed by atoms with Gasteiger partial charge in [0.1, 0.15) is 17.3 Å². The number of aromatic amines is 1. The molecule has 0 radical (unpaired) electrons. The molecule has 2 N–H and O–H groups in total. The Labute approximate surface area is 174 Å². The number of ether oxygens (including phenoxy) is 1. The highest BCUT2D eigenvalue weighted by Crippen LogP contribution is 2.39. The van der Waals surface area contributed by atoms with E-state index < -0.39 is 34.8 Å². The molecule has 31 heavy (non-hydrogen) atoms. The number of carbonyl (C=O) groups is 1. The number of aryl methyl sites for hydroxylation is 1. The summed E-state index contributed by atoms with van der Waals surface area (Å²) in [5, 5.41) is 2.44. The SMILES string of the molecule is C=Cc1cc(C(=O)Nc2cc[nH]c(=O)c2)c(Oc2ccc(F)cc2C)cc1C(F)(F)F. The fourth-order valence-corrected chi connectivity index (χ4v) is 2.84. The molecule has 0 fully saturated rings. The number of hydrogen-bond donors (Lipinski definition) is 2. The number of benzene rings is 2. The Morgan fingerprint density at radius 1 is 1.13 bits per heavy atom. The Morgan fingerprint density at radius 2 is 1.87 bits per heavy atom. The fourth-order valence-electron chi connectivity index (χ4n) is 2.84. The van der Waals surface area contributed by atoms with Crippen LogP contribution in [0.4, 0.5) is 23.2 Å². The van der Waals surface area contributed by atoms with Gasteiger partial charge in [0.25, 0.3) is 5.91 Å². The summed E-state index contributed by atoms with van der Waals surface area (Å²) in [4.78, 5) is 26.6. The third-order valence-corrected chi connectivity index (χ3v) is 4.31. The van der Waals surface area contributed by atoms with Crippen LogP contribution >= 0.6 is 0 Å². The molecule has 0 aliphatic rings. The smallest absolute Gasteiger partial charge is 0.417 e. The number of alkyl halides is 3. The van der Waals surface area contributed by atoms with E-state index in [1.54, 1.807) is 0 Å². The van der Waals surface area contributed by atoms with E-state index in [1.807, 2.05) is 0 Å². The van der Waals surface area contributed by atoms with Crippen LogP contribution in [0.1, 0.15) is 27.0 Å². The van der Waals surface area contributed by atoms with Gasteiger partial charge >= 0.3 is 6.18 Å². The first-order valence-electron chi connectivity index (χ1n) is 8.90. The van der Waals surface area contributed by atoms with Crippen molar-refractivity contribution < 1.29 is 27.1 Å². The van der Waals surface area contributed by atoms with E-state index in [1.165, 1.54) is 25.3 Å². The van der Waals surface area contributed by atoms with Crippen LogP contribution < -0.4 is 15.6 Å². The summed E-state index contributed by atoms with van der Waals surface area (Å²) in [7, 11) is 0. The molecule has 0 aliphatic heterocycles. The lowest BCUT2D eigenvalue weighted by Crippen LogP contribution is -2.17. The van der Waals surface area contributed by atoms with Crippen LogP contribution in [0.3, 0.4) is 0 Å². The monoisotopic (exact) mass is 432 g/mol. The molecule has 0 bridgehead atoms. The average Bonchev–Trinajstić information content (AvgIpc) is 2.69. The summed E-state index contributed by atoms with van der Waals surface area (Å²) in [6.45, 7) is 4.89. The second-order valence-corrected chi connectivity index (χ2v) is 6.55. The Balaban J connectivity index is 2.12. The van der Waals surface area contributed by atoms with Gasteiger partial charge in [-0.05, 0) is 54.4 Å². The molecular formula is C22H16F4N2O3. The maximum absolute atomic E-state index is 13.5. The van der Waals surface area contributed by atoms with E-state index in [4.69, 9.17) is 4.74 Å². The fraction of sp³-hybridized carbons (Fsp3) is 0.0909. The van der Waals surface area contributed by atoms with Crippen molar-refractivity contribution in [2.45, 2.75) is 13.1 Å². The summed E-state index contributed by atoms with van der Waals surface area (Å²) in [6.07, 6.45) is -2.46. The number of pyridine rings is 1. The second kappa shape index (κ2) is 8.47. The van der Waals surface area contributed by atoms with E-state index in [-0.39, 0.29) is 22.6 Å². The first-order valence-corrected chi connectivity index (χ1v) is 8.90. The van der Waals surface area contributed by atoms with Gasteiger partial charge < -0.3 is 15.0 Å². The van der Waals surface area contributed by atoms with Crippen molar-refractivity contribution in [3.05, 3.63) is 93.7 Å². The minimum atomic E-state index is -4.73. The van der Waals surface area contributed by atoms with Crippen molar-refractivity contribution in [3.63, 3.8) is 0 Å². The molecule has 0 saturated heterocycles. The van der Waals surface area contributed by atoms with Crippen molar-refractivity contribution in [1.29, 1.82) is 0 Å². The number of rotatable bonds is 5. The third kappa shape index (κ3) is 5.00. The number of hydrogen-bond acceptors (Lipinski definition) is 3. The zero-order valence-corrected chi connectivity index (χ0v) is 16.1. The molecule has 1 amide bonds. The Hall–Kier alpha value is -3.88. The number of aromatic nitrogens is 1. The van der Waals surface area contributed by atoms with Crippen molar-refractivity contribution in [2.24, 2.45) is 0 Å². The summed E-state index contributed by atoms with van der Waals surface area (Å²) in [5.41, 5.74) is -1.63. The van der Waals surface area contributed by atoms with Crippen molar-refractivity contribution in [1.82, 2.24) is 4.98 Å². The van der Waals surface area contributed by atoms with Crippen molar-refractivity contribution in [2.75, 3.05) is 5.32 Å². The maximum atomic E-state index is 13.5. The van der Waals surface area contributed by atoms with Crippen LogP contribution in [0, 0.1) is 12.7 Å². The minimum absolute atomic E-state index is 0.0751. The van der Waals surface area contributed by atoms with Crippen LogP contribution in [0.5, 0.6) is 11.5 Å². The number of carbonyl (C=O) groups excluding carboxylic acids is 1. The van der Waals surface area contributed by atoms with E-state index >= 15 is 0 Å². The highest BCUT2D eigenvalue weighted by Gasteiger charge is 2.35. The van der Waals surface area contributed by atoms with Crippen molar-refractivity contribution in [3.8, 4) is 11.5 Å².